The predicted octanol–water partition coefficient (Wildman–Crippen LogP) is 4.63. The van der Waals surface area contributed by atoms with E-state index in [1.54, 1.807) is 48.2 Å². The first-order valence-corrected chi connectivity index (χ1v) is 14.8. The third-order valence-corrected chi connectivity index (χ3v) is 7.69. The number of hydrogen-bond acceptors (Lipinski definition) is 6. The minimum atomic E-state index is -0.632. The molecule has 2 fully saturated rings. The van der Waals surface area contributed by atoms with Gasteiger partial charge in [-0.05, 0) is 88.8 Å². The van der Waals surface area contributed by atoms with Crippen molar-refractivity contribution in [2.24, 2.45) is 0 Å². The van der Waals surface area contributed by atoms with Crippen LogP contribution < -0.4 is 5.32 Å². The molecule has 3 amide bonds. The number of carbonyl (C=O) groups excluding carboxylic acids is 3. The summed E-state index contributed by atoms with van der Waals surface area (Å²) in [5.74, 6) is -0.662. The van der Waals surface area contributed by atoms with Crippen LogP contribution in [0.2, 0.25) is 5.02 Å². The fourth-order valence-corrected chi connectivity index (χ4v) is 5.67. The van der Waals surface area contributed by atoms with Crippen LogP contribution in [0.25, 0.3) is 6.08 Å². The molecule has 0 aliphatic carbocycles. The van der Waals surface area contributed by atoms with Gasteiger partial charge in [-0.15, -0.1) is 0 Å². The van der Waals surface area contributed by atoms with Gasteiger partial charge in [0.1, 0.15) is 11.4 Å². The molecule has 2 unspecified atom stereocenters. The number of halogens is 2. The van der Waals surface area contributed by atoms with Crippen LogP contribution in [0, 0.1) is 12.7 Å². The summed E-state index contributed by atoms with van der Waals surface area (Å²) in [4.78, 5) is 46.7. The second kappa shape index (κ2) is 13.4. The highest BCUT2D eigenvalue weighted by Gasteiger charge is 2.44. The van der Waals surface area contributed by atoms with Crippen LogP contribution in [0.1, 0.15) is 37.5 Å². The molecule has 2 heterocycles. The van der Waals surface area contributed by atoms with Crippen LogP contribution in [-0.4, -0.2) is 102 Å². The van der Waals surface area contributed by atoms with Crippen LogP contribution in [0.5, 0.6) is 0 Å². The zero-order chi connectivity index (χ0) is 31.5. The highest BCUT2D eigenvalue weighted by atomic mass is 35.5. The van der Waals surface area contributed by atoms with E-state index in [-0.39, 0.29) is 36.3 Å². The highest BCUT2D eigenvalue weighted by molar-refractivity contribution is 6.31. The number of nitrogens with one attached hydrogen (secondary N) is 1. The maximum atomic E-state index is 13.7. The molecule has 2 atom stereocenters. The molecule has 0 saturated carbocycles. The standard InChI is InChI=1S/C32H41ClFN5O4/c1-21-13-23(28(14-27(21)33)35-29(40)20-36(5)6)9-12-30(41)39-25-16-37(15-22-7-10-24(34)11-8-22)17-26(39)19-38(18-25)31(42)43-32(2,3)4/h7-14,25-26H,15-20H2,1-6H3,(H,35,40)/b12-9+. The average Bonchev–Trinajstić information content (AvgIpc) is 2.88. The number of piperazine rings is 2. The van der Waals surface area contributed by atoms with E-state index in [0.717, 1.165) is 11.1 Å². The first-order chi connectivity index (χ1) is 20.2. The van der Waals surface area contributed by atoms with Gasteiger partial charge in [0.15, 0.2) is 0 Å². The number of carbonyl (C=O) groups is 3. The van der Waals surface area contributed by atoms with Crippen molar-refractivity contribution in [3.05, 3.63) is 70.0 Å². The third-order valence-electron chi connectivity index (χ3n) is 7.28. The van der Waals surface area contributed by atoms with E-state index in [0.29, 0.717) is 49.0 Å². The largest absolute Gasteiger partial charge is 0.444 e. The first kappa shape index (κ1) is 32.4. The van der Waals surface area contributed by atoms with Crippen LogP contribution in [0.4, 0.5) is 14.9 Å². The lowest BCUT2D eigenvalue weighted by atomic mass is 9.99. The number of likely N-dealkylation sites (N-methyl/N-ethyl adjacent to an activating group) is 1. The second-order valence-corrected chi connectivity index (χ2v) is 13.0. The van der Waals surface area contributed by atoms with Crippen LogP contribution >= 0.6 is 11.6 Å². The van der Waals surface area contributed by atoms with Gasteiger partial charge >= 0.3 is 6.09 Å². The van der Waals surface area contributed by atoms with E-state index >= 15 is 0 Å². The van der Waals surface area contributed by atoms with E-state index in [1.165, 1.54) is 18.2 Å². The number of hydrogen-bond donors (Lipinski definition) is 1. The van der Waals surface area contributed by atoms with Gasteiger partial charge in [-0.25, -0.2) is 9.18 Å². The molecule has 4 rings (SSSR count). The second-order valence-electron chi connectivity index (χ2n) is 12.6. The molecule has 2 aromatic rings. The Hall–Kier alpha value is -3.47. The summed E-state index contributed by atoms with van der Waals surface area (Å²) < 4.78 is 19.1. The summed E-state index contributed by atoms with van der Waals surface area (Å²) in [6.45, 7) is 9.90. The van der Waals surface area contributed by atoms with Crippen LogP contribution in [-0.2, 0) is 20.9 Å². The molecule has 1 N–H and O–H groups in total. The lowest BCUT2D eigenvalue weighted by Crippen LogP contribution is -2.70. The smallest absolute Gasteiger partial charge is 0.410 e. The Morgan fingerprint density at radius 2 is 1.70 bits per heavy atom. The molecule has 2 aromatic carbocycles. The number of ether oxygens (including phenoxy) is 1. The van der Waals surface area contributed by atoms with E-state index < -0.39 is 11.7 Å². The van der Waals surface area contributed by atoms with Crippen molar-refractivity contribution in [1.82, 2.24) is 19.6 Å². The zero-order valence-corrected chi connectivity index (χ0v) is 26.4. The van der Waals surface area contributed by atoms with Crippen molar-refractivity contribution in [3.63, 3.8) is 0 Å². The van der Waals surface area contributed by atoms with Gasteiger partial charge in [-0.2, -0.15) is 0 Å². The molecule has 43 heavy (non-hydrogen) atoms. The van der Waals surface area contributed by atoms with Crippen molar-refractivity contribution in [1.29, 1.82) is 0 Å². The molecular weight excluding hydrogens is 573 g/mol. The molecule has 11 heteroatoms. The van der Waals surface area contributed by atoms with Crippen molar-refractivity contribution in [3.8, 4) is 0 Å². The molecule has 2 saturated heterocycles. The molecule has 2 aliphatic rings. The van der Waals surface area contributed by atoms with Gasteiger partial charge in [0.05, 0.1) is 18.6 Å². The monoisotopic (exact) mass is 613 g/mol. The van der Waals surface area contributed by atoms with Crippen LogP contribution in [0.3, 0.4) is 0 Å². The Balaban J connectivity index is 1.55. The van der Waals surface area contributed by atoms with E-state index in [4.69, 9.17) is 16.3 Å². The maximum absolute atomic E-state index is 13.7. The third kappa shape index (κ3) is 8.78. The van der Waals surface area contributed by atoms with E-state index in [1.807, 2.05) is 38.7 Å². The van der Waals surface area contributed by atoms with Crippen molar-refractivity contribution in [2.45, 2.75) is 51.9 Å². The normalized spacial score (nSPS) is 19.2. The lowest BCUT2D eigenvalue weighted by molar-refractivity contribution is -0.140. The topological polar surface area (TPSA) is 85.4 Å². The zero-order valence-electron chi connectivity index (χ0n) is 25.7. The Morgan fingerprint density at radius 3 is 2.28 bits per heavy atom. The van der Waals surface area contributed by atoms with Crippen LogP contribution in [0.15, 0.2) is 42.5 Å². The molecule has 2 bridgehead atoms. The number of benzene rings is 2. The predicted molar refractivity (Wildman–Crippen MR) is 166 cm³/mol. The van der Waals surface area contributed by atoms with E-state index in [9.17, 15) is 18.8 Å². The Labute approximate surface area is 258 Å². The number of fused-ring (bicyclic) bond motifs is 2. The lowest BCUT2D eigenvalue weighted by Gasteiger charge is -2.52. The number of rotatable bonds is 7. The Kier molecular flexibility index (Phi) is 10.1. The van der Waals surface area contributed by atoms with Crippen molar-refractivity contribution < 1.29 is 23.5 Å². The first-order valence-electron chi connectivity index (χ1n) is 14.4. The van der Waals surface area contributed by atoms with Gasteiger partial charge < -0.3 is 24.8 Å². The number of nitrogens with zero attached hydrogens (tertiary/aromatic N) is 4. The molecular formula is C32H41ClFN5O4. The summed E-state index contributed by atoms with van der Waals surface area (Å²) in [6, 6.07) is 9.40. The fourth-order valence-electron chi connectivity index (χ4n) is 5.51. The van der Waals surface area contributed by atoms with E-state index in [2.05, 4.69) is 10.2 Å². The van der Waals surface area contributed by atoms with Gasteiger partial charge in [0.2, 0.25) is 11.8 Å². The molecule has 232 valence electrons. The Bertz CT molecular complexity index is 1360. The van der Waals surface area contributed by atoms with Gasteiger partial charge in [0, 0.05) is 49.5 Å². The Morgan fingerprint density at radius 1 is 1.07 bits per heavy atom. The molecule has 0 spiro atoms. The van der Waals surface area contributed by atoms with Gasteiger partial charge in [-0.1, -0.05) is 23.7 Å². The maximum Gasteiger partial charge on any atom is 0.410 e. The molecule has 2 aliphatic heterocycles. The summed E-state index contributed by atoms with van der Waals surface area (Å²) in [5.41, 5.74) is 2.35. The summed E-state index contributed by atoms with van der Waals surface area (Å²) in [7, 11) is 3.61. The van der Waals surface area contributed by atoms with Gasteiger partial charge in [-0.3, -0.25) is 14.5 Å². The summed E-state index contributed by atoms with van der Waals surface area (Å²) in [6.07, 6.45) is 2.82. The SMILES string of the molecule is Cc1cc(/C=C/C(=O)N2C3CN(Cc4ccc(F)cc4)CC2CN(C(=O)OC(C)(C)C)C3)c(NC(=O)CN(C)C)cc1Cl. The fraction of sp³-hybridized carbons (Fsp3) is 0.469. The number of aryl methyl sites for hydroxylation is 1. The molecule has 9 nitrogen and oxygen atoms in total. The number of amides is 3. The minimum Gasteiger partial charge on any atom is -0.444 e. The summed E-state index contributed by atoms with van der Waals surface area (Å²) in [5, 5.41) is 3.40. The van der Waals surface area contributed by atoms with Crippen molar-refractivity contribution in [2.75, 3.05) is 52.1 Å². The molecule has 0 aromatic heterocycles. The summed E-state index contributed by atoms with van der Waals surface area (Å²) >= 11 is 6.36. The van der Waals surface area contributed by atoms with Crippen molar-refractivity contribution >= 4 is 41.3 Å². The van der Waals surface area contributed by atoms with Gasteiger partial charge in [0.25, 0.3) is 0 Å². The number of anilines is 1. The average molecular weight is 614 g/mol. The quantitative estimate of drug-likeness (QED) is 0.459. The molecule has 0 radical (unpaired) electrons. The highest BCUT2D eigenvalue weighted by Crippen LogP contribution is 2.29. The minimum absolute atomic E-state index is 0.182.